The first-order valence-electron chi connectivity index (χ1n) is 8.67. The molecule has 0 aliphatic rings. The second-order valence-electron chi connectivity index (χ2n) is 6.13. The fraction of sp³-hybridized carbons (Fsp3) is 0.238. The molecule has 1 aromatic heterocycles. The minimum Gasteiger partial charge on any atom is -0.487 e. The predicted molar refractivity (Wildman–Crippen MR) is 109 cm³/mol. The van der Waals surface area contributed by atoms with Crippen molar-refractivity contribution in [2.24, 2.45) is 12.2 Å². The average Bonchev–Trinajstić information content (AvgIpc) is 2.98. The molecule has 3 aromatic rings. The van der Waals surface area contributed by atoms with E-state index >= 15 is 0 Å². The van der Waals surface area contributed by atoms with E-state index in [0.717, 1.165) is 22.2 Å². The minimum atomic E-state index is -0.528. The zero-order chi connectivity index (χ0) is 20.1. The highest BCUT2D eigenvalue weighted by atomic mass is 35.5. The van der Waals surface area contributed by atoms with Crippen molar-refractivity contribution in [2.75, 3.05) is 14.2 Å². The highest BCUT2D eigenvalue weighted by molar-refractivity contribution is 6.37. The number of carbonyl (C=O) groups excluding carboxylic acids is 1. The summed E-state index contributed by atoms with van der Waals surface area (Å²) in [5.41, 5.74) is 3.10. The molecule has 3 rings (SSSR count). The van der Waals surface area contributed by atoms with Gasteiger partial charge in [-0.05, 0) is 35.9 Å². The lowest BCUT2D eigenvalue weighted by molar-refractivity contribution is -0.133. The topological polar surface area (TPSA) is 62.0 Å². The lowest BCUT2D eigenvalue weighted by Gasteiger charge is -2.11. The number of benzene rings is 2. The van der Waals surface area contributed by atoms with Crippen LogP contribution in [-0.2, 0) is 34.4 Å². The van der Waals surface area contributed by atoms with E-state index in [4.69, 9.17) is 25.9 Å². The van der Waals surface area contributed by atoms with Crippen molar-refractivity contribution in [2.45, 2.75) is 13.0 Å². The van der Waals surface area contributed by atoms with E-state index in [2.05, 4.69) is 9.72 Å². The number of aromatic nitrogens is 1. The van der Waals surface area contributed by atoms with E-state index in [1.54, 1.807) is 12.1 Å². The molecule has 146 valence electrons. The van der Waals surface area contributed by atoms with Crippen LogP contribution in [-0.4, -0.2) is 30.5 Å². The third-order valence-corrected chi connectivity index (χ3v) is 4.75. The van der Waals surface area contributed by atoms with Gasteiger partial charge in [0, 0.05) is 29.4 Å². The zero-order valence-corrected chi connectivity index (χ0v) is 16.7. The highest BCUT2D eigenvalue weighted by Crippen LogP contribution is 2.28. The van der Waals surface area contributed by atoms with Gasteiger partial charge in [0.05, 0.1) is 12.8 Å². The molecule has 28 heavy (non-hydrogen) atoms. The van der Waals surface area contributed by atoms with Gasteiger partial charge in [0.15, 0.2) is 5.71 Å². The molecule has 0 spiro atoms. The molecular formula is C21H21ClN2O4. The molecule has 0 fully saturated rings. The van der Waals surface area contributed by atoms with Gasteiger partial charge in [-0.15, -0.1) is 0 Å². The standard InChI is InChI=1S/C21H21ClN2O4/c1-24-19-7-5-4-6-16(19)17(12-18(23-27-3)21(25)26-2)20(24)13-28-15-10-8-14(22)9-11-15/h4-11H,12-13H2,1-3H3. The van der Waals surface area contributed by atoms with Gasteiger partial charge in [-0.3, -0.25) is 0 Å². The molecule has 0 unspecified atom stereocenters. The summed E-state index contributed by atoms with van der Waals surface area (Å²) in [6.45, 7) is 0.323. The molecule has 2 aromatic carbocycles. The number of para-hydroxylation sites is 1. The first-order chi connectivity index (χ1) is 13.5. The molecule has 0 aliphatic heterocycles. The number of nitrogens with zero attached hydrogens (tertiary/aromatic N) is 2. The van der Waals surface area contributed by atoms with Gasteiger partial charge in [-0.1, -0.05) is 35.0 Å². The third-order valence-electron chi connectivity index (χ3n) is 4.50. The summed E-state index contributed by atoms with van der Waals surface area (Å²) in [6, 6.07) is 15.2. The van der Waals surface area contributed by atoms with Gasteiger partial charge in [0.2, 0.25) is 0 Å². The number of methoxy groups -OCH3 is 1. The minimum absolute atomic E-state index is 0.189. The molecule has 0 N–H and O–H groups in total. The Labute approximate surface area is 168 Å². The van der Waals surface area contributed by atoms with Crippen molar-refractivity contribution in [3.63, 3.8) is 0 Å². The van der Waals surface area contributed by atoms with Crippen molar-refractivity contribution in [3.8, 4) is 5.75 Å². The summed E-state index contributed by atoms with van der Waals surface area (Å²) in [6.07, 6.45) is 0.265. The Hall–Kier alpha value is -2.99. The molecule has 7 heteroatoms. The molecule has 1 heterocycles. The number of fused-ring (bicyclic) bond motifs is 1. The number of oxime groups is 1. The first-order valence-corrected chi connectivity index (χ1v) is 9.04. The van der Waals surface area contributed by atoms with Gasteiger partial charge in [0.25, 0.3) is 0 Å². The molecule has 0 aliphatic carbocycles. The Morgan fingerprint density at radius 1 is 1.11 bits per heavy atom. The largest absolute Gasteiger partial charge is 0.487 e. The van der Waals surface area contributed by atoms with Crippen LogP contribution in [0, 0.1) is 0 Å². The number of ether oxygens (including phenoxy) is 2. The van der Waals surface area contributed by atoms with Crippen LogP contribution in [0.1, 0.15) is 11.3 Å². The summed E-state index contributed by atoms with van der Waals surface area (Å²) in [7, 11) is 4.69. The lowest BCUT2D eigenvalue weighted by atomic mass is 10.0. The predicted octanol–water partition coefficient (Wildman–Crippen LogP) is 4.13. The Bertz CT molecular complexity index is 1010. The molecule has 0 saturated carbocycles. The van der Waals surface area contributed by atoms with Crippen molar-refractivity contribution in [3.05, 3.63) is 64.8 Å². The maximum atomic E-state index is 12.1. The van der Waals surface area contributed by atoms with Crippen LogP contribution in [0.5, 0.6) is 5.75 Å². The van der Waals surface area contributed by atoms with Crippen LogP contribution in [0.3, 0.4) is 0 Å². The maximum Gasteiger partial charge on any atom is 0.356 e. The second-order valence-corrected chi connectivity index (χ2v) is 6.57. The van der Waals surface area contributed by atoms with Crippen LogP contribution in [0.2, 0.25) is 5.02 Å². The average molecular weight is 401 g/mol. The van der Waals surface area contributed by atoms with Gasteiger partial charge in [-0.25, -0.2) is 4.79 Å². The van der Waals surface area contributed by atoms with Gasteiger partial charge >= 0.3 is 5.97 Å². The quantitative estimate of drug-likeness (QED) is 0.340. The summed E-state index contributed by atoms with van der Waals surface area (Å²) in [5.74, 6) is 0.179. The van der Waals surface area contributed by atoms with Crippen LogP contribution >= 0.6 is 11.6 Å². The van der Waals surface area contributed by atoms with Crippen LogP contribution in [0.15, 0.2) is 53.7 Å². The third kappa shape index (κ3) is 4.12. The number of hydrogen-bond donors (Lipinski definition) is 0. The van der Waals surface area contributed by atoms with Gasteiger partial charge in [0.1, 0.15) is 19.5 Å². The first kappa shape index (κ1) is 19.8. The van der Waals surface area contributed by atoms with Crippen LogP contribution in [0.25, 0.3) is 10.9 Å². The normalized spacial score (nSPS) is 11.5. The van der Waals surface area contributed by atoms with E-state index in [0.29, 0.717) is 17.4 Å². The molecular weight excluding hydrogens is 380 g/mol. The van der Waals surface area contributed by atoms with Crippen LogP contribution in [0.4, 0.5) is 0 Å². The lowest BCUT2D eigenvalue weighted by Crippen LogP contribution is -2.20. The fourth-order valence-electron chi connectivity index (χ4n) is 3.13. The second kappa shape index (κ2) is 8.80. The van der Waals surface area contributed by atoms with Crippen molar-refractivity contribution >= 4 is 34.2 Å². The van der Waals surface area contributed by atoms with E-state index in [-0.39, 0.29) is 12.1 Å². The van der Waals surface area contributed by atoms with E-state index in [1.807, 2.05) is 43.4 Å². The summed E-state index contributed by atoms with van der Waals surface area (Å²) in [5, 5.41) is 5.52. The molecule has 0 amide bonds. The smallest absolute Gasteiger partial charge is 0.356 e. The number of carbonyl (C=O) groups is 1. The number of halogens is 1. The Morgan fingerprint density at radius 2 is 1.82 bits per heavy atom. The van der Waals surface area contributed by atoms with Crippen molar-refractivity contribution in [1.82, 2.24) is 4.57 Å². The number of hydrogen-bond acceptors (Lipinski definition) is 5. The highest BCUT2D eigenvalue weighted by Gasteiger charge is 2.21. The van der Waals surface area contributed by atoms with E-state index in [9.17, 15) is 4.79 Å². The monoisotopic (exact) mass is 400 g/mol. The maximum absolute atomic E-state index is 12.1. The summed E-state index contributed by atoms with van der Waals surface area (Å²) in [4.78, 5) is 16.9. The van der Waals surface area contributed by atoms with Crippen LogP contribution < -0.4 is 4.74 Å². The van der Waals surface area contributed by atoms with E-state index in [1.165, 1.54) is 14.2 Å². The summed E-state index contributed by atoms with van der Waals surface area (Å²) >= 11 is 5.93. The van der Waals surface area contributed by atoms with Crippen molar-refractivity contribution < 1.29 is 19.1 Å². The SMILES string of the molecule is CON=C(Cc1c(COc2ccc(Cl)cc2)n(C)c2ccccc12)C(=O)OC. The van der Waals surface area contributed by atoms with E-state index < -0.39 is 5.97 Å². The zero-order valence-electron chi connectivity index (χ0n) is 15.9. The van der Waals surface area contributed by atoms with Crippen molar-refractivity contribution in [1.29, 1.82) is 0 Å². The number of rotatable bonds is 7. The molecule has 0 atom stereocenters. The number of aryl methyl sites for hydroxylation is 1. The Kier molecular flexibility index (Phi) is 6.21. The summed E-state index contributed by atoms with van der Waals surface area (Å²) < 4.78 is 12.9. The van der Waals surface area contributed by atoms with Gasteiger partial charge < -0.3 is 18.9 Å². The Balaban J connectivity index is 1.99. The van der Waals surface area contributed by atoms with Gasteiger partial charge in [-0.2, -0.15) is 0 Å². The number of esters is 1. The fourth-order valence-corrected chi connectivity index (χ4v) is 3.25. The molecule has 0 bridgehead atoms. The molecule has 0 saturated heterocycles. The Morgan fingerprint density at radius 3 is 2.50 bits per heavy atom. The molecule has 0 radical (unpaired) electrons. The molecule has 6 nitrogen and oxygen atoms in total.